The molecule has 0 saturated heterocycles. The number of rotatable bonds is 2. The molecule has 19 heavy (non-hydrogen) atoms. The van der Waals surface area contributed by atoms with E-state index in [2.05, 4.69) is 9.97 Å². The van der Waals surface area contributed by atoms with E-state index in [0.29, 0.717) is 22.6 Å². The van der Waals surface area contributed by atoms with Crippen molar-refractivity contribution < 1.29 is 8.78 Å². The van der Waals surface area contributed by atoms with Crippen molar-refractivity contribution in [3.8, 4) is 11.3 Å². The predicted molar refractivity (Wildman–Crippen MR) is 66.2 cm³/mol. The van der Waals surface area contributed by atoms with Crippen LogP contribution in [0.4, 0.5) is 8.78 Å². The number of hydrogen-bond donors (Lipinski definition) is 1. The number of halogens is 2. The first-order valence-electron chi connectivity index (χ1n) is 5.67. The molecule has 0 bridgehead atoms. The van der Waals surface area contributed by atoms with Gasteiger partial charge in [0, 0.05) is 24.5 Å². The lowest BCUT2D eigenvalue weighted by Gasteiger charge is -2.04. The number of fused-ring (bicyclic) bond motifs is 1. The molecule has 1 aromatic carbocycles. The van der Waals surface area contributed by atoms with Gasteiger partial charge in [-0.3, -0.25) is 9.38 Å². The largest absolute Gasteiger partial charge is 0.325 e. The van der Waals surface area contributed by atoms with Crippen LogP contribution in [0.1, 0.15) is 5.69 Å². The second-order valence-electron chi connectivity index (χ2n) is 4.04. The number of hydrogen-bond acceptors (Lipinski definition) is 3. The van der Waals surface area contributed by atoms with Gasteiger partial charge < -0.3 is 5.73 Å². The highest BCUT2D eigenvalue weighted by Gasteiger charge is 2.11. The Hall–Kier alpha value is -2.34. The molecule has 0 aliphatic rings. The normalized spacial score (nSPS) is 11.1. The monoisotopic (exact) mass is 260 g/mol. The summed E-state index contributed by atoms with van der Waals surface area (Å²) in [5, 5.41) is 0. The van der Waals surface area contributed by atoms with Gasteiger partial charge in [-0.1, -0.05) is 0 Å². The summed E-state index contributed by atoms with van der Waals surface area (Å²) in [6.45, 7) is 0.262. The summed E-state index contributed by atoms with van der Waals surface area (Å²) in [7, 11) is 0. The summed E-state index contributed by atoms with van der Waals surface area (Å²) in [5.41, 5.74) is 8.05. The molecule has 6 heteroatoms. The van der Waals surface area contributed by atoms with Crippen molar-refractivity contribution in [3.63, 3.8) is 0 Å². The molecule has 0 spiro atoms. The summed E-state index contributed by atoms with van der Waals surface area (Å²) in [5.74, 6) is -1.76. The molecule has 2 heterocycles. The Morgan fingerprint density at radius 2 is 2.00 bits per heavy atom. The van der Waals surface area contributed by atoms with E-state index in [1.54, 1.807) is 23.0 Å². The van der Waals surface area contributed by atoms with E-state index in [4.69, 9.17) is 5.73 Å². The topological polar surface area (TPSA) is 56.2 Å². The first-order valence-corrected chi connectivity index (χ1v) is 5.67. The van der Waals surface area contributed by atoms with E-state index in [1.165, 1.54) is 6.07 Å². The molecule has 2 aromatic heterocycles. The molecular weight excluding hydrogens is 250 g/mol. The quantitative estimate of drug-likeness (QED) is 0.768. The summed E-state index contributed by atoms with van der Waals surface area (Å²) >= 11 is 0. The van der Waals surface area contributed by atoms with Gasteiger partial charge in [-0.2, -0.15) is 0 Å². The van der Waals surface area contributed by atoms with Gasteiger partial charge in [0.1, 0.15) is 0 Å². The summed E-state index contributed by atoms with van der Waals surface area (Å²) in [4.78, 5) is 8.34. The van der Waals surface area contributed by atoms with Crippen LogP contribution in [0.5, 0.6) is 0 Å². The second kappa shape index (κ2) is 4.40. The highest BCUT2D eigenvalue weighted by Crippen LogP contribution is 2.23. The maximum Gasteiger partial charge on any atom is 0.160 e. The summed E-state index contributed by atoms with van der Waals surface area (Å²) < 4.78 is 28.0. The van der Waals surface area contributed by atoms with Crippen molar-refractivity contribution in [1.29, 1.82) is 0 Å². The van der Waals surface area contributed by atoms with E-state index >= 15 is 0 Å². The molecule has 0 radical (unpaired) electrons. The summed E-state index contributed by atoms with van der Waals surface area (Å²) in [6, 6.07) is 3.74. The molecule has 0 unspecified atom stereocenters. The van der Waals surface area contributed by atoms with Gasteiger partial charge in [-0.05, 0) is 18.2 Å². The molecular formula is C13H10F2N4. The number of nitrogens with two attached hydrogens (primary N) is 1. The van der Waals surface area contributed by atoms with Crippen LogP contribution in [0.3, 0.4) is 0 Å². The van der Waals surface area contributed by atoms with E-state index in [9.17, 15) is 8.78 Å². The molecule has 0 atom stereocenters. The van der Waals surface area contributed by atoms with Crippen LogP contribution < -0.4 is 5.73 Å². The zero-order chi connectivity index (χ0) is 13.4. The van der Waals surface area contributed by atoms with Crippen LogP contribution in [0.2, 0.25) is 0 Å². The molecule has 3 rings (SSSR count). The van der Waals surface area contributed by atoms with E-state index in [1.807, 2.05) is 0 Å². The standard InChI is InChI=1S/C13H10F2N4/c14-9-2-1-8(5-10(9)15)12-7-18-13-11(6-16)17-3-4-19(12)13/h1-5,7H,6,16H2. The minimum Gasteiger partial charge on any atom is -0.325 e. The lowest BCUT2D eigenvalue weighted by Crippen LogP contribution is -2.03. The summed E-state index contributed by atoms with van der Waals surface area (Å²) in [6.07, 6.45) is 4.89. The van der Waals surface area contributed by atoms with Crippen LogP contribution >= 0.6 is 0 Å². The third kappa shape index (κ3) is 1.86. The van der Waals surface area contributed by atoms with Crippen molar-refractivity contribution in [2.24, 2.45) is 5.73 Å². The fourth-order valence-corrected chi connectivity index (χ4v) is 1.99. The van der Waals surface area contributed by atoms with Crippen molar-refractivity contribution in [1.82, 2.24) is 14.4 Å². The zero-order valence-electron chi connectivity index (χ0n) is 9.85. The maximum atomic E-state index is 13.3. The Morgan fingerprint density at radius 1 is 1.16 bits per heavy atom. The minimum absolute atomic E-state index is 0.262. The van der Waals surface area contributed by atoms with Crippen LogP contribution in [-0.4, -0.2) is 14.4 Å². The molecule has 0 saturated carbocycles. The average molecular weight is 260 g/mol. The Labute approximate surface area is 107 Å². The van der Waals surface area contributed by atoms with Gasteiger partial charge in [-0.15, -0.1) is 0 Å². The second-order valence-corrected chi connectivity index (χ2v) is 4.04. The predicted octanol–water partition coefficient (Wildman–Crippen LogP) is 2.13. The Morgan fingerprint density at radius 3 is 2.74 bits per heavy atom. The third-order valence-corrected chi connectivity index (χ3v) is 2.91. The van der Waals surface area contributed by atoms with Crippen LogP contribution in [0.25, 0.3) is 16.9 Å². The number of imidazole rings is 1. The lowest BCUT2D eigenvalue weighted by molar-refractivity contribution is 0.509. The molecule has 4 nitrogen and oxygen atoms in total. The molecule has 2 N–H and O–H groups in total. The lowest BCUT2D eigenvalue weighted by atomic mass is 10.1. The van der Waals surface area contributed by atoms with Crippen LogP contribution in [-0.2, 0) is 6.54 Å². The minimum atomic E-state index is -0.888. The maximum absolute atomic E-state index is 13.3. The van der Waals surface area contributed by atoms with Gasteiger partial charge in [0.15, 0.2) is 17.3 Å². The third-order valence-electron chi connectivity index (χ3n) is 2.91. The Kier molecular flexibility index (Phi) is 2.72. The Balaban J connectivity index is 2.23. The van der Waals surface area contributed by atoms with E-state index in [-0.39, 0.29) is 6.54 Å². The molecule has 0 aliphatic heterocycles. The number of benzene rings is 1. The molecule has 0 aliphatic carbocycles. The zero-order valence-corrected chi connectivity index (χ0v) is 9.85. The first-order chi connectivity index (χ1) is 9.20. The van der Waals surface area contributed by atoms with E-state index in [0.717, 1.165) is 12.1 Å². The average Bonchev–Trinajstić information content (AvgIpc) is 2.85. The van der Waals surface area contributed by atoms with Gasteiger partial charge in [0.05, 0.1) is 17.6 Å². The van der Waals surface area contributed by atoms with Crippen molar-refractivity contribution in [2.45, 2.75) is 6.54 Å². The first kappa shape index (κ1) is 11.7. The number of aromatic nitrogens is 3. The van der Waals surface area contributed by atoms with Gasteiger partial charge >= 0.3 is 0 Å². The smallest absolute Gasteiger partial charge is 0.160 e. The Bertz CT molecular complexity index is 751. The van der Waals surface area contributed by atoms with Crippen LogP contribution in [0.15, 0.2) is 36.8 Å². The van der Waals surface area contributed by atoms with Crippen molar-refractivity contribution >= 4 is 5.65 Å². The van der Waals surface area contributed by atoms with Gasteiger partial charge in [0.25, 0.3) is 0 Å². The molecule has 96 valence electrons. The van der Waals surface area contributed by atoms with Crippen molar-refractivity contribution in [3.05, 3.63) is 54.1 Å². The fraction of sp³-hybridized carbons (Fsp3) is 0.0769. The van der Waals surface area contributed by atoms with Gasteiger partial charge in [0.2, 0.25) is 0 Å². The SMILES string of the molecule is NCc1nccn2c(-c3ccc(F)c(F)c3)cnc12. The fourth-order valence-electron chi connectivity index (χ4n) is 1.99. The van der Waals surface area contributed by atoms with E-state index < -0.39 is 11.6 Å². The van der Waals surface area contributed by atoms with Gasteiger partial charge in [-0.25, -0.2) is 13.8 Å². The highest BCUT2D eigenvalue weighted by atomic mass is 19.2. The number of nitrogens with zero attached hydrogens (tertiary/aromatic N) is 3. The highest BCUT2D eigenvalue weighted by molar-refractivity contribution is 5.64. The van der Waals surface area contributed by atoms with Crippen molar-refractivity contribution in [2.75, 3.05) is 0 Å². The van der Waals surface area contributed by atoms with Crippen LogP contribution in [0, 0.1) is 11.6 Å². The molecule has 3 aromatic rings. The molecule has 0 amide bonds. The molecule has 0 fully saturated rings.